The Labute approximate surface area is 163 Å². The quantitative estimate of drug-likeness (QED) is 0.751. The SMILES string of the molecule is O=C(COc1ccc(Cl)cc1)NC[C@H](c1ccc(F)cc1)[NH+]1CCOCC1. The number of quaternary nitrogens is 1. The van der Waals surface area contributed by atoms with E-state index >= 15 is 0 Å². The number of amides is 1. The van der Waals surface area contributed by atoms with Crippen LogP contribution in [-0.2, 0) is 9.53 Å². The Hall–Kier alpha value is -2.15. The molecule has 1 aliphatic heterocycles. The lowest BCUT2D eigenvalue weighted by atomic mass is 10.0. The van der Waals surface area contributed by atoms with E-state index in [1.54, 1.807) is 36.4 Å². The van der Waals surface area contributed by atoms with Crippen molar-refractivity contribution in [2.45, 2.75) is 6.04 Å². The normalized spacial score (nSPS) is 15.9. The van der Waals surface area contributed by atoms with E-state index in [1.165, 1.54) is 17.0 Å². The average molecular weight is 394 g/mol. The highest BCUT2D eigenvalue weighted by molar-refractivity contribution is 6.30. The summed E-state index contributed by atoms with van der Waals surface area (Å²) in [7, 11) is 0. The minimum atomic E-state index is -0.269. The molecule has 0 aliphatic carbocycles. The Morgan fingerprint density at radius 2 is 1.81 bits per heavy atom. The maximum absolute atomic E-state index is 13.3. The fourth-order valence-corrected chi connectivity index (χ4v) is 3.25. The minimum absolute atomic E-state index is 0.0361. The third-order valence-corrected chi connectivity index (χ3v) is 4.84. The van der Waals surface area contributed by atoms with Crippen LogP contribution in [0, 0.1) is 5.82 Å². The molecule has 3 rings (SSSR count). The number of morpholine rings is 1. The minimum Gasteiger partial charge on any atom is -0.484 e. The molecule has 1 fully saturated rings. The van der Waals surface area contributed by atoms with Gasteiger partial charge in [0.05, 0.1) is 19.8 Å². The molecule has 2 aromatic rings. The van der Waals surface area contributed by atoms with E-state index in [-0.39, 0.29) is 24.4 Å². The van der Waals surface area contributed by atoms with Gasteiger partial charge in [0.15, 0.2) is 6.61 Å². The van der Waals surface area contributed by atoms with Gasteiger partial charge in [0.1, 0.15) is 30.7 Å². The summed E-state index contributed by atoms with van der Waals surface area (Å²) < 4.78 is 24.2. The van der Waals surface area contributed by atoms with Gasteiger partial charge in [0.2, 0.25) is 0 Å². The summed E-state index contributed by atoms with van der Waals surface area (Å²) in [6.45, 7) is 3.43. The molecule has 0 spiro atoms. The summed E-state index contributed by atoms with van der Waals surface area (Å²) in [5.41, 5.74) is 0.993. The third kappa shape index (κ3) is 5.92. The highest BCUT2D eigenvalue weighted by atomic mass is 35.5. The van der Waals surface area contributed by atoms with Crippen LogP contribution in [0.15, 0.2) is 48.5 Å². The van der Waals surface area contributed by atoms with Crippen LogP contribution in [0.25, 0.3) is 0 Å². The van der Waals surface area contributed by atoms with Crippen LogP contribution in [0.5, 0.6) is 5.75 Å². The molecule has 0 radical (unpaired) electrons. The number of halogens is 2. The van der Waals surface area contributed by atoms with Crippen LogP contribution in [0.2, 0.25) is 5.02 Å². The van der Waals surface area contributed by atoms with Crippen molar-refractivity contribution >= 4 is 17.5 Å². The predicted octanol–water partition coefficient (Wildman–Crippen LogP) is 1.63. The molecule has 2 N–H and O–H groups in total. The summed E-state index contributed by atoms with van der Waals surface area (Å²) >= 11 is 5.83. The lowest BCUT2D eigenvalue weighted by Gasteiger charge is -2.32. The highest BCUT2D eigenvalue weighted by Crippen LogP contribution is 2.15. The van der Waals surface area contributed by atoms with Gasteiger partial charge in [0, 0.05) is 10.6 Å². The summed E-state index contributed by atoms with van der Waals surface area (Å²) in [4.78, 5) is 13.5. The highest BCUT2D eigenvalue weighted by Gasteiger charge is 2.26. The van der Waals surface area contributed by atoms with E-state index in [0.29, 0.717) is 30.5 Å². The van der Waals surface area contributed by atoms with Crippen molar-refractivity contribution in [2.75, 3.05) is 39.5 Å². The Morgan fingerprint density at radius 1 is 1.15 bits per heavy atom. The van der Waals surface area contributed by atoms with Gasteiger partial charge < -0.3 is 19.7 Å². The van der Waals surface area contributed by atoms with Gasteiger partial charge in [0.25, 0.3) is 5.91 Å². The lowest BCUT2D eigenvalue weighted by molar-refractivity contribution is -0.937. The summed E-state index contributed by atoms with van der Waals surface area (Å²) in [6, 6.07) is 13.3. The van der Waals surface area contributed by atoms with Crippen molar-refractivity contribution in [1.29, 1.82) is 0 Å². The first-order valence-corrected chi connectivity index (χ1v) is 9.32. The van der Waals surface area contributed by atoms with Crippen molar-refractivity contribution in [1.82, 2.24) is 5.32 Å². The lowest BCUT2D eigenvalue weighted by Crippen LogP contribution is -3.15. The zero-order valence-electron chi connectivity index (χ0n) is 14.9. The van der Waals surface area contributed by atoms with Crippen molar-refractivity contribution in [2.24, 2.45) is 0 Å². The number of hydrogen-bond acceptors (Lipinski definition) is 3. The topological polar surface area (TPSA) is 52.0 Å². The second kappa shape index (κ2) is 9.69. The molecule has 2 aromatic carbocycles. The van der Waals surface area contributed by atoms with Gasteiger partial charge in [-0.25, -0.2) is 4.39 Å². The maximum atomic E-state index is 13.3. The zero-order valence-corrected chi connectivity index (χ0v) is 15.7. The van der Waals surface area contributed by atoms with Crippen LogP contribution < -0.4 is 15.0 Å². The molecule has 5 nitrogen and oxygen atoms in total. The van der Waals surface area contributed by atoms with E-state index in [2.05, 4.69) is 5.32 Å². The molecule has 144 valence electrons. The van der Waals surface area contributed by atoms with Gasteiger partial charge in [-0.1, -0.05) is 23.7 Å². The van der Waals surface area contributed by atoms with E-state index in [1.807, 2.05) is 0 Å². The number of rotatable bonds is 7. The molecule has 0 saturated carbocycles. The fourth-order valence-electron chi connectivity index (χ4n) is 3.12. The third-order valence-electron chi connectivity index (χ3n) is 4.59. The Morgan fingerprint density at radius 3 is 2.48 bits per heavy atom. The van der Waals surface area contributed by atoms with Crippen molar-refractivity contribution in [3.8, 4) is 5.75 Å². The number of carbonyl (C=O) groups excluding carboxylic acids is 1. The van der Waals surface area contributed by atoms with E-state index in [4.69, 9.17) is 21.1 Å². The van der Waals surface area contributed by atoms with E-state index < -0.39 is 0 Å². The van der Waals surface area contributed by atoms with Crippen molar-refractivity contribution in [3.63, 3.8) is 0 Å². The van der Waals surface area contributed by atoms with Crippen LogP contribution in [-0.4, -0.2) is 45.4 Å². The molecule has 1 saturated heterocycles. The first-order chi connectivity index (χ1) is 13.1. The summed E-state index contributed by atoms with van der Waals surface area (Å²) in [5.74, 6) is 0.114. The maximum Gasteiger partial charge on any atom is 0.258 e. The molecular weight excluding hydrogens is 371 g/mol. The molecule has 7 heteroatoms. The number of ether oxygens (including phenoxy) is 2. The van der Waals surface area contributed by atoms with Crippen molar-refractivity contribution in [3.05, 3.63) is 64.9 Å². The molecule has 1 atom stereocenters. The van der Waals surface area contributed by atoms with Crippen LogP contribution >= 0.6 is 11.6 Å². The van der Waals surface area contributed by atoms with Gasteiger partial charge in [-0.2, -0.15) is 0 Å². The largest absolute Gasteiger partial charge is 0.484 e. The molecule has 1 amide bonds. The zero-order chi connectivity index (χ0) is 19.1. The fraction of sp³-hybridized carbons (Fsp3) is 0.350. The van der Waals surface area contributed by atoms with Crippen LogP contribution in [0.3, 0.4) is 0 Å². The number of hydrogen-bond donors (Lipinski definition) is 2. The van der Waals surface area contributed by atoms with Gasteiger partial charge in [-0.15, -0.1) is 0 Å². The Bertz CT molecular complexity index is 734. The average Bonchev–Trinajstić information content (AvgIpc) is 2.70. The number of nitrogens with one attached hydrogen (secondary N) is 2. The summed E-state index contributed by atoms with van der Waals surface area (Å²) in [5, 5.41) is 3.54. The molecule has 0 aromatic heterocycles. The van der Waals surface area contributed by atoms with Gasteiger partial charge >= 0.3 is 0 Å². The second-order valence-corrected chi connectivity index (χ2v) is 6.86. The van der Waals surface area contributed by atoms with Crippen molar-refractivity contribution < 1.29 is 23.6 Å². The molecule has 1 aliphatic rings. The Balaban J connectivity index is 1.57. The number of benzene rings is 2. The Kier molecular flexibility index (Phi) is 7.04. The standard InChI is InChI=1S/C20H22ClFN2O3/c21-16-3-7-18(8-4-16)27-14-20(25)23-13-19(24-9-11-26-12-10-24)15-1-5-17(22)6-2-15/h1-8,19H,9-14H2,(H,23,25)/p+1/t19-/m1/s1. The molecule has 0 bridgehead atoms. The molecule has 27 heavy (non-hydrogen) atoms. The number of carbonyl (C=O) groups is 1. The smallest absolute Gasteiger partial charge is 0.258 e. The predicted molar refractivity (Wildman–Crippen MR) is 101 cm³/mol. The van der Waals surface area contributed by atoms with Crippen LogP contribution in [0.4, 0.5) is 4.39 Å². The monoisotopic (exact) mass is 393 g/mol. The van der Waals surface area contributed by atoms with Crippen LogP contribution in [0.1, 0.15) is 11.6 Å². The molecule has 1 heterocycles. The molecular formula is C20H23ClFN2O3+. The first-order valence-electron chi connectivity index (χ1n) is 8.94. The summed E-state index contributed by atoms with van der Waals surface area (Å²) in [6.07, 6.45) is 0. The first kappa shape index (κ1) is 19.6. The van der Waals surface area contributed by atoms with E-state index in [0.717, 1.165) is 18.7 Å². The van der Waals surface area contributed by atoms with E-state index in [9.17, 15) is 9.18 Å². The second-order valence-electron chi connectivity index (χ2n) is 6.42. The molecule has 0 unspecified atom stereocenters. The van der Waals surface area contributed by atoms with Gasteiger partial charge in [-0.3, -0.25) is 4.79 Å². The van der Waals surface area contributed by atoms with Gasteiger partial charge in [-0.05, 0) is 36.4 Å².